The van der Waals surface area contributed by atoms with E-state index in [-0.39, 0.29) is 18.6 Å². The number of aliphatic hydroxyl groups is 2. The standard InChI is InChI=1S/C19H15BrO2S8/c20-11-3-1-10(2-4-11)12-5-23-15-16(26-12)30-18(29-15)17-27-13-14(28-17)25-9-19(6-21,7-22)8-24-13/h1-5,21-22H,6-9H2. The second-order valence-electron chi connectivity index (χ2n) is 6.74. The molecule has 1 aromatic carbocycles. The van der Waals surface area contributed by atoms with Crippen LogP contribution >= 0.6 is 110 Å². The van der Waals surface area contributed by atoms with Crippen LogP contribution < -0.4 is 0 Å². The molecule has 158 valence electrons. The summed E-state index contributed by atoms with van der Waals surface area (Å²) in [5, 5.41) is 21.7. The highest BCUT2D eigenvalue weighted by Crippen LogP contribution is 2.69. The smallest absolute Gasteiger partial charge is 0.0718 e. The van der Waals surface area contributed by atoms with Gasteiger partial charge in [0.15, 0.2) is 0 Å². The number of hydrogen-bond donors (Lipinski definition) is 2. The third-order valence-corrected chi connectivity index (χ3v) is 17.3. The summed E-state index contributed by atoms with van der Waals surface area (Å²) in [6.45, 7) is 0.0790. The predicted octanol–water partition coefficient (Wildman–Crippen LogP) is 8.02. The van der Waals surface area contributed by atoms with Gasteiger partial charge in [0.25, 0.3) is 0 Å². The van der Waals surface area contributed by atoms with Gasteiger partial charge in [0, 0.05) is 26.3 Å². The summed E-state index contributed by atoms with van der Waals surface area (Å²) in [5.41, 5.74) is 0.879. The van der Waals surface area contributed by atoms with Crippen molar-refractivity contribution in [2.75, 3.05) is 24.7 Å². The molecule has 0 saturated carbocycles. The second kappa shape index (κ2) is 9.93. The fourth-order valence-electron chi connectivity index (χ4n) is 2.71. The number of rotatable bonds is 3. The Kier molecular flexibility index (Phi) is 7.66. The highest BCUT2D eigenvalue weighted by Gasteiger charge is 2.38. The molecule has 4 heterocycles. The minimum atomic E-state index is -0.381. The van der Waals surface area contributed by atoms with Crippen molar-refractivity contribution in [3.05, 3.63) is 65.1 Å². The lowest BCUT2D eigenvalue weighted by Gasteiger charge is -2.27. The maximum atomic E-state index is 9.74. The predicted molar refractivity (Wildman–Crippen MR) is 150 cm³/mol. The molecule has 1 aromatic rings. The Labute approximate surface area is 218 Å². The van der Waals surface area contributed by atoms with E-state index < -0.39 is 0 Å². The van der Waals surface area contributed by atoms with Crippen molar-refractivity contribution in [3.63, 3.8) is 0 Å². The van der Waals surface area contributed by atoms with E-state index in [1.54, 1.807) is 23.5 Å². The van der Waals surface area contributed by atoms with Crippen molar-refractivity contribution in [1.29, 1.82) is 0 Å². The molecule has 30 heavy (non-hydrogen) atoms. The van der Waals surface area contributed by atoms with Crippen LogP contribution in [-0.2, 0) is 0 Å². The molecule has 0 bridgehead atoms. The summed E-state index contributed by atoms with van der Waals surface area (Å²) in [6.07, 6.45) is 0. The average Bonchev–Trinajstić information content (AvgIpc) is 3.34. The van der Waals surface area contributed by atoms with Crippen LogP contribution in [0.3, 0.4) is 0 Å². The molecule has 4 aliphatic heterocycles. The Morgan fingerprint density at radius 3 is 1.87 bits per heavy atom. The van der Waals surface area contributed by atoms with Crippen molar-refractivity contribution in [2.45, 2.75) is 0 Å². The Morgan fingerprint density at radius 2 is 1.27 bits per heavy atom. The molecular formula is C19H15BrO2S8. The van der Waals surface area contributed by atoms with E-state index in [1.165, 1.54) is 35.9 Å². The van der Waals surface area contributed by atoms with Gasteiger partial charge in [-0.2, -0.15) is 0 Å². The van der Waals surface area contributed by atoms with Gasteiger partial charge in [-0.25, -0.2) is 0 Å². The lowest BCUT2D eigenvalue weighted by Crippen LogP contribution is -2.34. The first-order valence-electron chi connectivity index (χ1n) is 8.81. The molecule has 2 N–H and O–H groups in total. The normalized spacial score (nSPS) is 23.5. The molecule has 11 heteroatoms. The van der Waals surface area contributed by atoms with Gasteiger partial charge in [0.1, 0.15) is 0 Å². The van der Waals surface area contributed by atoms with Gasteiger partial charge in [-0.3, -0.25) is 0 Å². The van der Waals surface area contributed by atoms with Gasteiger partial charge < -0.3 is 10.2 Å². The maximum Gasteiger partial charge on any atom is 0.0718 e. The molecule has 0 aromatic heterocycles. The first-order valence-corrected chi connectivity index (χ1v) is 16.5. The Hall–Kier alpha value is 1.38. The fraction of sp³-hybridized carbons (Fsp3) is 0.263. The van der Waals surface area contributed by atoms with Gasteiger partial charge >= 0.3 is 0 Å². The third-order valence-electron chi connectivity index (χ3n) is 4.54. The van der Waals surface area contributed by atoms with Crippen LogP contribution in [-0.4, -0.2) is 34.9 Å². The van der Waals surface area contributed by atoms with Crippen molar-refractivity contribution >= 4 is 115 Å². The van der Waals surface area contributed by atoms with E-state index in [9.17, 15) is 10.2 Å². The van der Waals surface area contributed by atoms with Crippen LogP contribution in [0.25, 0.3) is 4.91 Å². The molecule has 4 aliphatic rings. The number of hydrogen-bond acceptors (Lipinski definition) is 10. The van der Waals surface area contributed by atoms with Gasteiger partial charge in [0.2, 0.25) is 0 Å². The van der Waals surface area contributed by atoms with Crippen LogP contribution in [0.2, 0.25) is 0 Å². The van der Waals surface area contributed by atoms with Crippen LogP contribution in [0.4, 0.5) is 0 Å². The second-order valence-corrected chi connectivity index (χ2v) is 17.2. The lowest BCUT2D eigenvalue weighted by molar-refractivity contribution is 0.0935. The summed E-state index contributed by atoms with van der Waals surface area (Å²) >= 11 is 18.3. The van der Waals surface area contributed by atoms with E-state index >= 15 is 0 Å². The van der Waals surface area contributed by atoms with E-state index in [0.29, 0.717) is 0 Å². The van der Waals surface area contributed by atoms with Gasteiger partial charge in [0.05, 0.1) is 38.6 Å². The summed E-state index contributed by atoms with van der Waals surface area (Å²) in [5.74, 6) is 1.53. The zero-order valence-electron chi connectivity index (χ0n) is 15.3. The molecular weight excluding hydrogens is 597 g/mol. The van der Waals surface area contributed by atoms with Crippen molar-refractivity contribution < 1.29 is 10.2 Å². The minimum Gasteiger partial charge on any atom is -0.396 e. The number of aliphatic hydroxyl groups excluding tert-OH is 2. The zero-order chi connectivity index (χ0) is 20.7. The topological polar surface area (TPSA) is 40.5 Å². The largest absolute Gasteiger partial charge is 0.396 e. The van der Waals surface area contributed by atoms with Crippen LogP contribution in [0.15, 0.2) is 59.6 Å². The maximum absolute atomic E-state index is 9.74. The quantitative estimate of drug-likeness (QED) is 0.351. The Balaban J connectivity index is 1.25. The minimum absolute atomic E-state index is 0.0395. The van der Waals surface area contributed by atoms with Crippen molar-refractivity contribution in [2.24, 2.45) is 5.41 Å². The van der Waals surface area contributed by atoms with E-state index in [4.69, 9.17) is 0 Å². The van der Waals surface area contributed by atoms with Crippen LogP contribution in [0.5, 0.6) is 0 Å². The molecule has 0 radical (unpaired) electrons. The van der Waals surface area contributed by atoms with Gasteiger partial charge in [-0.05, 0) is 23.1 Å². The molecule has 2 nitrogen and oxygen atoms in total. The average molecular weight is 612 g/mol. The monoisotopic (exact) mass is 610 g/mol. The molecule has 0 aliphatic carbocycles. The van der Waals surface area contributed by atoms with Gasteiger partial charge in [-0.1, -0.05) is 98.6 Å². The highest BCUT2D eigenvalue weighted by molar-refractivity contribution is 9.10. The molecule has 0 saturated heterocycles. The summed E-state index contributed by atoms with van der Waals surface area (Å²) < 4.78 is 9.29. The zero-order valence-corrected chi connectivity index (χ0v) is 23.4. The molecule has 0 atom stereocenters. The first kappa shape index (κ1) is 23.1. The highest BCUT2D eigenvalue weighted by atomic mass is 79.9. The molecule has 5 rings (SSSR count). The van der Waals surface area contributed by atoms with E-state index in [1.807, 2.05) is 70.6 Å². The van der Waals surface area contributed by atoms with Gasteiger partial charge in [-0.15, -0.1) is 23.5 Å². The third kappa shape index (κ3) is 4.78. The SMILES string of the molecule is OCC1(CO)CSC2=C(SC1)SC(=C1SC3=C(SC(c4ccc(Br)cc4)=CS3)S1)S2. The summed E-state index contributed by atoms with van der Waals surface area (Å²) in [6, 6.07) is 8.52. The van der Waals surface area contributed by atoms with Crippen molar-refractivity contribution in [1.82, 2.24) is 0 Å². The van der Waals surface area contributed by atoms with E-state index in [2.05, 4.69) is 45.6 Å². The molecule has 0 amide bonds. The first-order chi connectivity index (χ1) is 14.6. The van der Waals surface area contributed by atoms with Crippen LogP contribution in [0, 0.1) is 5.41 Å². The van der Waals surface area contributed by atoms with Crippen LogP contribution in [0.1, 0.15) is 5.56 Å². The molecule has 0 unspecified atom stereocenters. The lowest BCUT2D eigenvalue weighted by atomic mass is 9.96. The summed E-state index contributed by atoms with van der Waals surface area (Å²) in [4.78, 5) is 1.31. The number of thioether (sulfide) groups is 8. The molecule has 0 spiro atoms. The Morgan fingerprint density at radius 1 is 0.733 bits per heavy atom. The fourth-order valence-corrected chi connectivity index (χ4v) is 15.3. The summed E-state index contributed by atoms with van der Waals surface area (Å²) in [7, 11) is 0. The van der Waals surface area contributed by atoms with Crippen molar-refractivity contribution in [3.8, 4) is 0 Å². The van der Waals surface area contributed by atoms with E-state index in [0.717, 1.165) is 16.0 Å². The number of halogens is 1. The molecule has 0 fully saturated rings. The number of benzene rings is 1. The Bertz CT molecular complexity index is 970.